The minimum Gasteiger partial charge on any atom is -0.494 e. The molecule has 0 unspecified atom stereocenters. The van der Waals surface area contributed by atoms with Crippen LogP contribution in [-0.2, 0) is 5.88 Å². The molecule has 0 spiro atoms. The number of nitrogens with one attached hydrogen (secondary N) is 1. The number of nitrogens with two attached hydrogens (primary N) is 1. The summed E-state index contributed by atoms with van der Waals surface area (Å²) < 4.78 is 5.32. The van der Waals surface area contributed by atoms with E-state index in [4.69, 9.17) is 22.2 Å². The van der Waals surface area contributed by atoms with Crippen molar-refractivity contribution in [3.63, 3.8) is 0 Å². The fourth-order valence-electron chi connectivity index (χ4n) is 1.08. The molecule has 1 rings (SSSR count). The van der Waals surface area contributed by atoms with Crippen LogP contribution < -0.4 is 16.0 Å². The van der Waals surface area contributed by atoms with Crippen molar-refractivity contribution in [1.29, 1.82) is 0 Å². The Balaban J connectivity index is 2.91. The highest BCUT2D eigenvalue weighted by atomic mass is 35.5. The lowest BCUT2D eigenvalue weighted by Crippen LogP contribution is -2.08. The lowest BCUT2D eigenvalue weighted by atomic mass is 10.2. The van der Waals surface area contributed by atoms with Gasteiger partial charge >= 0.3 is 0 Å². The molecule has 3 N–H and O–H groups in total. The number of hydrogen-bond donors (Lipinski definition) is 2. The number of halogens is 1. The fraction of sp³-hybridized carbons (Fsp3) is 0.333. The largest absolute Gasteiger partial charge is 0.494 e. The molecule has 0 bridgehead atoms. The summed E-state index contributed by atoms with van der Waals surface area (Å²) in [6, 6.07) is 5.59. The van der Waals surface area contributed by atoms with E-state index in [0.29, 0.717) is 12.5 Å². The summed E-state index contributed by atoms with van der Waals surface area (Å²) in [7, 11) is 0. The fourth-order valence-corrected chi connectivity index (χ4v) is 1.30. The number of anilines is 1. The SMILES string of the molecule is CCOc1ccc(NN)c(CCl)c1. The van der Waals surface area contributed by atoms with Gasteiger partial charge in [-0.05, 0) is 30.7 Å². The molecule has 1 aromatic rings. The predicted octanol–water partition coefficient (Wildman–Crippen LogP) is 2.11. The lowest BCUT2D eigenvalue weighted by Gasteiger charge is -2.09. The zero-order valence-corrected chi connectivity index (χ0v) is 8.27. The lowest BCUT2D eigenvalue weighted by molar-refractivity contribution is 0.340. The van der Waals surface area contributed by atoms with E-state index < -0.39 is 0 Å². The first-order valence-electron chi connectivity index (χ1n) is 4.10. The maximum Gasteiger partial charge on any atom is 0.119 e. The molecule has 72 valence electrons. The number of hydrogen-bond acceptors (Lipinski definition) is 3. The van der Waals surface area contributed by atoms with Crippen LogP contribution in [0.15, 0.2) is 18.2 Å². The number of ether oxygens (including phenoxy) is 1. The molecule has 1 aromatic carbocycles. The Bertz CT molecular complexity index is 278. The molecule has 4 heteroatoms. The van der Waals surface area contributed by atoms with E-state index in [9.17, 15) is 0 Å². The van der Waals surface area contributed by atoms with Crippen LogP contribution in [0, 0.1) is 0 Å². The summed E-state index contributed by atoms with van der Waals surface area (Å²) >= 11 is 5.73. The van der Waals surface area contributed by atoms with Crippen molar-refractivity contribution >= 4 is 17.3 Å². The second-order valence-corrected chi connectivity index (χ2v) is 2.80. The van der Waals surface area contributed by atoms with E-state index in [0.717, 1.165) is 17.0 Å². The van der Waals surface area contributed by atoms with Gasteiger partial charge in [-0.2, -0.15) is 0 Å². The minimum absolute atomic E-state index is 0.417. The first kappa shape index (κ1) is 10.2. The third kappa shape index (κ3) is 2.50. The van der Waals surface area contributed by atoms with Gasteiger partial charge in [0.05, 0.1) is 12.3 Å². The van der Waals surface area contributed by atoms with Crippen molar-refractivity contribution in [3.05, 3.63) is 23.8 Å². The molecule has 0 fully saturated rings. The molecular formula is C9H13ClN2O. The molecule has 0 heterocycles. The molecule has 0 atom stereocenters. The molecule has 0 aromatic heterocycles. The molecule has 3 nitrogen and oxygen atoms in total. The van der Waals surface area contributed by atoms with E-state index in [-0.39, 0.29) is 0 Å². The number of alkyl halides is 1. The smallest absolute Gasteiger partial charge is 0.119 e. The summed E-state index contributed by atoms with van der Waals surface area (Å²) in [6.45, 7) is 2.59. The summed E-state index contributed by atoms with van der Waals surface area (Å²) in [6.07, 6.45) is 0. The second kappa shape index (κ2) is 4.94. The Labute approximate surface area is 82.8 Å². The Morgan fingerprint density at radius 1 is 1.54 bits per heavy atom. The van der Waals surface area contributed by atoms with Crippen LogP contribution in [0.4, 0.5) is 5.69 Å². The van der Waals surface area contributed by atoms with Crippen molar-refractivity contribution in [2.45, 2.75) is 12.8 Å². The second-order valence-electron chi connectivity index (χ2n) is 2.53. The van der Waals surface area contributed by atoms with Crippen molar-refractivity contribution in [2.75, 3.05) is 12.0 Å². The molecule has 0 aliphatic rings. The molecule has 0 aliphatic heterocycles. The van der Waals surface area contributed by atoms with Gasteiger partial charge in [0, 0.05) is 5.88 Å². The topological polar surface area (TPSA) is 47.3 Å². The molecule has 13 heavy (non-hydrogen) atoms. The van der Waals surface area contributed by atoms with E-state index in [1.807, 2.05) is 25.1 Å². The van der Waals surface area contributed by atoms with E-state index in [1.165, 1.54) is 0 Å². The van der Waals surface area contributed by atoms with Crippen molar-refractivity contribution in [3.8, 4) is 5.75 Å². The standard InChI is InChI=1S/C9H13ClN2O/c1-2-13-8-3-4-9(12-11)7(5-8)6-10/h3-5,12H,2,6,11H2,1H3. The minimum atomic E-state index is 0.417. The van der Waals surface area contributed by atoms with Gasteiger partial charge in [-0.25, -0.2) is 0 Å². The van der Waals surface area contributed by atoms with Gasteiger partial charge < -0.3 is 10.2 Å². The maximum absolute atomic E-state index is 5.73. The highest BCUT2D eigenvalue weighted by molar-refractivity contribution is 6.17. The molecule has 0 saturated heterocycles. The van der Waals surface area contributed by atoms with Gasteiger partial charge in [0.25, 0.3) is 0 Å². The summed E-state index contributed by atoms with van der Waals surface area (Å²) in [5.74, 6) is 6.53. The summed E-state index contributed by atoms with van der Waals surface area (Å²) in [5, 5.41) is 0. The van der Waals surface area contributed by atoms with Crippen molar-refractivity contribution in [2.24, 2.45) is 5.84 Å². The average Bonchev–Trinajstić information content (AvgIpc) is 2.18. The van der Waals surface area contributed by atoms with E-state index in [1.54, 1.807) is 0 Å². The zero-order valence-electron chi connectivity index (χ0n) is 7.51. The van der Waals surface area contributed by atoms with Crippen molar-refractivity contribution < 1.29 is 4.74 Å². The number of rotatable bonds is 4. The van der Waals surface area contributed by atoms with Crippen LogP contribution in [0.3, 0.4) is 0 Å². The van der Waals surface area contributed by atoms with Gasteiger partial charge in [0.1, 0.15) is 5.75 Å². The molecule has 0 aliphatic carbocycles. The number of hydrazine groups is 1. The highest BCUT2D eigenvalue weighted by Gasteiger charge is 2.01. The quantitative estimate of drug-likeness (QED) is 0.445. The van der Waals surface area contributed by atoms with Crippen LogP contribution >= 0.6 is 11.6 Å². The van der Waals surface area contributed by atoms with Gasteiger partial charge in [0.15, 0.2) is 0 Å². The number of nitrogen functional groups attached to an aromatic ring is 1. The average molecular weight is 201 g/mol. The van der Waals surface area contributed by atoms with Crippen LogP contribution in [0.5, 0.6) is 5.75 Å². The van der Waals surface area contributed by atoms with Gasteiger partial charge in [0.2, 0.25) is 0 Å². The Kier molecular flexibility index (Phi) is 3.86. The normalized spacial score (nSPS) is 9.77. The third-order valence-corrected chi connectivity index (χ3v) is 1.98. The third-order valence-electron chi connectivity index (χ3n) is 1.69. The monoisotopic (exact) mass is 200 g/mol. The molecule has 0 amide bonds. The molecule has 0 radical (unpaired) electrons. The van der Waals surface area contributed by atoms with Crippen molar-refractivity contribution in [1.82, 2.24) is 0 Å². The Morgan fingerprint density at radius 2 is 2.31 bits per heavy atom. The first-order chi connectivity index (χ1) is 6.31. The van der Waals surface area contributed by atoms with Crippen LogP contribution in [-0.4, -0.2) is 6.61 Å². The highest BCUT2D eigenvalue weighted by Crippen LogP contribution is 2.22. The molecular weight excluding hydrogens is 188 g/mol. The Hall–Kier alpha value is -0.930. The van der Waals surface area contributed by atoms with Gasteiger partial charge in [-0.15, -0.1) is 11.6 Å². The van der Waals surface area contributed by atoms with Gasteiger partial charge in [-0.3, -0.25) is 5.84 Å². The number of benzene rings is 1. The zero-order chi connectivity index (χ0) is 9.68. The van der Waals surface area contributed by atoms with Crippen LogP contribution in [0.25, 0.3) is 0 Å². The predicted molar refractivity (Wildman–Crippen MR) is 55.0 cm³/mol. The van der Waals surface area contributed by atoms with Crippen LogP contribution in [0.1, 0.15) is 12.5 Å². The van der Waals surface area contributed by atoms with Crippen LogP contribution in [0.2, 0.25) is 0 Å². The summed E-state index contributed by atoms with van der Waals surface area (Å²) in [4.78, 5) is 0. The summed E-state index contributed by atoms with van der Waals surface area (Å²) in [5.41, 5.74) is 4.35. The van der Waals surface area contributed by atoms with E-state index >= 15 is 0 Å². The Morgan fingerprint density at radius 3 is 2.85 bits per heavy atom. The maximum atomic E-state index is 5.73. The van der Waals surface area contributed by atoms with Gasteiger partial charge in [-0.1, -0.05) is 0 Å². The molecule has 0 saturated carbocycles. The first-order valence-corrected chi connectivity index (χ1v) is 4.63. The van der Waals surface area contributed by atoms with E-state index in [2.05, 4.69) is 5.43 Å².